The van der Waals surface area contributed by atoms with Gasteiger partial charge in [0.05, 0.1) is 5.92 Å². The van der Waals surface area contributed by atoms with E-state index < -0.39 is 5.97 Å². The van der Waals surface area contributed by atoms with E-state index >= 15 is 0 Å². The van der Waals surface area contributed by atoms with Crippen molar-refractivity contribution in [3.63, 3.8) is 0 Å². The van der Waals surface area contributed by atoms with Crippen molar-refractivity contribution in [2.75, 3.05) is 0 Å². The normalized spacial score (nSPS) is 12.7. The second kappa shape index (κ2) is 5.51. The molecule has 0 aliphatic rings. The molecule has 1 N–H and O–H groups in total. The Balaban J connectivity index is 2.78. The third kappa shape index (κ3) is 2.82. The number of hydrogen-bond donors (Lipinski definition) is 1. The third-order valence-corrected chi connectivity index (χ3v) is 4.09. The summed E-state index contributed by atoms with van der Waals surface area (Å²) < 4.78 is 0.922. The van der Waals surface area contributed by atoms with Gasteiger partial charge in [-0.05, 0) is 33.8 Å². The van der Waals surface area contributed by atoms with E-state index in [0.717, 1.165) is 28.6 Å². The van der Waals surface area contributed by atoms with Crippen molar-refractivity contribution in [1.29, 1.82) is 0 Å². The van der Waals surface area contributed by atoms with Crippen LogP contribution in [0.5, 0.6) is 0 Å². The van der Waals surface area contributed by atoms with E-state index in [1.807, 2.05) is 11.4 Å². The largest absolute Gasteiger partial charge is 0.481 e. The molecule has 4 heteroatoms. The van der Waals surface area contributed by atoms with Gasteiger partial charge in [-0.25, -0.2) is 0 Å². The summed E-state index contributed by atoms with van der Waals surface area (Å²) in [7, 11) is 0. The van der Waals surface area contributed by atoms with Gasteiger partial charge >= 0.3 is 5.97 Å². The van der Waals surface area contributed by atoms with Crippen LogP contribution >= 0.6 is 27.3 Å². The monoisotopic (exact) mass is 276 g/mol. The highest BCUT2D eigenvalue weighted by molar-refractivity contribution is 9.10. The van der Waals surface area contributed by atoms with Crippen molar-refractivity contribution in [1.82, 2.24) is 0 Å². The molecule has 0 saturated heterocycles. The zero-order valence-corrected chi connectivity index (χ0v) is 10.4. The van der Waals surface area contributed by atoms with Crippen LogP contribution in [0.15, 0.2) is 15.9 Å². The van der Waals surface area contributed by atoms with Gasteiger partial charge in [-0.2, -0.15) is 0 Å². The molecule has 0 fully saturated rings. The molecule has 0 spiro atoms. The molecule has 2 nitrogen and oxygen atoms in total. The van der Waals surface area contributed by atoms with E-state index in [4.69, 9.17) is 5.11 Å². The van der Waals surface area contributed by atoms with Crippen molar-refractivity contribution in [3.05, 3.63) is 20.8 Å². The summed E-state index contributed by atoms with van der Waals surface area (Å²) in [6.07, 6.45) is 2.72. The maximum absolute atomic E-state index is 11.0. The molecule has 0 saturated carbocycles. The SMILES string of the molecule is CCCCC(C(=O)O)c1sccc1Br. The molecule has 1 rings (SSSR count). The molecular formula is C10H13BrO2S. The van der Waals surface area contributed by atoms with Crippen LogP contribution in [0, 0.1) is 0 Å². The van der Waals surface area contributed by atoms with Gasteiger partial charge in [0.1, 0.15) is 0 Å². The van der Waals surface area contributed by atoms with E-state index in [0.29, 0.717) is 0 Å². The smallest absolute Gasteiger partial charge is 0.311 e. The molecule has 1 heterocycles. The van der Waals surface area contributed by atoms with Gasteiger partial charge in [-0.1, -0.05) is 19.8 Å². The predicted octanol–water partition coefficient (Wildman–Crippen LogP) is 3.87. The van der Waals surface area contributed by atoms with E-state index in [-0.39, 0.29) is 5.92 Å². The van der Waals surface area contributed by atoms with Gasteiger partial charge in [-0.15, -0.1) is 11.3 Å². The first-order valence-corrected chi connectivity index (χ1v) is 6.29. The lowest BCUT2D eigenvalue weighted by molar-refractivity contribution is -0.138. The van der Waals surface area contributed by atoms with Crippen LogP contribution in [0.1, 0.15) is 37.0 Å². The van der Waals surface area contributed by atoms with E-state index in [2.05, 4.69) is 22.9 Å². The van der Waals surface area contributed by atoms with Gasteiger partial charge in [0.2, 0.25) is 0 Å². The Morgan fingerprint density at radius 3 is 2.86 bits per heavy atom. The number of carbonyl (C=O) groups is 1. The molecule has 0 radical (unpaired) electrons. The lowest BCUT2D eigenvalue weighted by Crippen LogP contribution is -2.10. The molecule has 1 unspecified atom stereocenters. The van der Waals surface area contributed by atoms with E-state index in [9.17, 15) is 4.79 Å². The number of hydrogen-bond acceptors (Lipinski definition) is 2. The lowest BCUT2D eigenvalue weighted by Gasteiger charge is -2.10. The van der Waals surface area contributed by atoms with Crippen molar-refractivity contribution in [2.24, 2.45) is 0 Å². The first-order valence-electron chi connectivity index (χ1n) is 4.62. The van der Waals surface area contributed by atoms with Gasteiger partial charge in [-0.3, -0.25) is 4.79 Å². The maximum atomic E-state index is 11.0. The Kier molecular flexibility index (Phi) is 4.62. The van der Waals surface area contributed by atoms with E-state index in [1.54, 1.807) is 0 Å². The molecule has 0 amide bonds. The van der Waals surface area contributed by atoms with Crippen molar-refractivity contribution in [2.45, 2.75) is 32.1 Å². The van der Waals surface area contributed by atoms with Gasteiger partial charge in [0.25, 0.3) is 0 Å². The lowest BCUT2D eigenvalue weighted by atomic mass is 10.0. The van der Waals surface area contributed by atoms with Crippen LogP contribution in [-0.4, -0.2) is 11.1 Å². The van der Waals surface area contributed by atoms with Crippen LogP contribution < -0.4 is 0 Å². The minimum absolute atomic E-state index is 0.343. The van der Waals surface area contributed by atoms with Crippen LogP contribution in [0.4, 0.5) is 0 Å². The molecule has 0 aromatic carbocycles. The summed E-state index contributed by atoms with van der Waals surface area (Å²) in [6.45, 7) is 2.07. The number of halogens is 1. The molecule has 1 aromatic rings. The standard InChI is InChI=1S/C10H13BrO2S/c1-2-3-4-7(10(12)13)9-8(11)5-6-14-9/h5-7H,2-4H2,1H3,(H,12,13). The molecule has 1 atom stereocenters. The Labute approximate surface area is 96.1 Å². The predicted molar refractivity (Wildman–Crippen MR) is 61.9 cm³/mol. The third-order valence-electron chi connectivity index (χ3n) is 2.11. The van der Waals surface area contributed by atoms with Crippen LogP contribution in [-0.2, 0) is 4.79 Å². The second-order valence-corrected chi connectivity index (χ2v) is 4.97. The Morgan fingerprint density at radius 1 is 1.71 bits per heavy atom. The molecule has 14 heavy (non-hydrogen) atoms. The Bertz CT molecular complexity index is 309. The maximum Gasteiger partial charge on any atom is 0.311 e. The fourth-order valence-electron chi connectivity index (χ4n) is 1.33. The van der Waals surface area contributed by atoms with Crippen molar-refractivity contribution in [3.8, 4) is 0 Å². The number of aliphatic carboxylic acids is 1. The van der Waals surface area contributed by atoms with Crippen molar-refractivity contribution < 1.29 is 9.90 Å². The Hall–Kier alpha value is -0.350. The second-order valence-electron chi connectivity index (χ2n) is 3.17. The highest BCUT2D eigenvalue weighted by atomic mass is 79.9. The van der Waals surface area contributed by atoms with E-state index in [1.165, 1.54) is 11.3 Å². The summed E-state index contributed by atoms with van der Waals surface area (Å²) in [4.78, 5) is 12.0. The number of carboxylic acid groups (broad SMARTS) is 1. The molecule has 0 aliphatic carbocycles. The van der Waals surface area contributed by atoms with Crippen LogP contribution in [0.2, 0.25) is 0 Å². The summed E-state index contributed by atoms with van der Waals surface area (Å²) in [5, 5.41) is 11.0. The first-order chi connectivity index (χ1) is 6.66. The average Bonchev–Trinajstić information content (AvgIpc) is 2.52. The van der Waals surface area contributed by atoms with Crippen LogP contribution in [0.25, 0.3) is 0 Å². The van der Waals surface area contributed by atoms with Crippen LogP contribution in [0.3, 0.4) is 0 Å². The number of rotatable bonds is 5. The van der Waals surface area contributed by atoms with Crippen molar-refractivity contribution >= 4 is 33.2 Å². The summed E-state index contributed by atoms with van der Waals surface area (Å²) in [6, 6.07) is 1.90. The van der Waals surface area contributed by atoms with Gasteiger partial charge < -0.3 is 5.11 Å². The van der Waals surface area contributed by atoms with Gasteiger partial charge in [0.15, 0.2) is 0 Å². The molecule has 0 bridgehead atoms. The zero-order valence-electron chi connectivity index (χ0n) is 8.00. The summed E-state index contributed by atoms with van der Waals surface area (Å²) >= 11 is 4.88. The minimum atomic E-state index is -0.721. The average molecular weight is 277 g/mol. The zero-order chi connectivity index (χ0) is 10.6. The quantitative estimate of drug-likeness (QED) is 0.887. The molecular weight excluding hydrogens is 264 g/mol. The number of carboxylic acids is 1. The topological polar surface area (TPSA) is 37.3 Å². The molecule has 78 valence electrons. The molecule has 0 aliphatic heterocycles. The fourth-order valence-corrected chi connectivity index (χ4v) is 3.11. The highest BCUT2D eigenvalue weighted by Gasteiger charge is 2.22. The highest BCUT2D eigenvalue weighted by Crippen LogP contribution is 2.33. The minimum Gasteiger partial charge on any atom is -0.481 e. The fraction of sp³-hybridized carbons (Fsp3) is 0.500. The first kappa shape index (κ1) is 11.7. The number of unbranched alkanes of at least 4 members (excludes halogenated alkanes) is 1. The summed E-state index contributed by atoms with van der Waals surface area (Å²) in [5.74, 6) is -1.06. The molecule has 1 aromatic heterocycles. The van der Waals surface area contributed by atoms with Gasteiger partial charge in [0, 0.05) is 9.35 Å². The Morgan fingerprint density at radius 2 is 2.43 bits per heavy atom. The summed E-state index contributed by atoms with van der Waals surface area (Å²) in [5.41, 5.74) is 0. The number of thiophene rings is 1.